The summed E-state index contributed by atoms with van der Waals surface area (Å²) in [5.74, 6) is 0. The van der Waals surface area contributed by atoms with Crippen molar-refractivity contribution in [1.82, 2.24) is 14.5 Å². The average Bonchev–Trinajstić information content (AvgIpc) is 2.99. The molecule has 0 N–H and O–H groups in total. The highest BCUT2D eigenvalue weighted by molar-refractivity contribution is 7.11. The monoisotopic (exact) mass is 423 g/mol. The Labute approximate surface area is 178 Å². The molecule has 148 valence electrons. The first-order valence-corrected chi connectivity index (χ1v) is 10.8. The Morgan fingerprint density at radius 1 is 1.10 bits per heavy atom. The molecule has 0 fully saturated rings. The van der Waals surface area contributed by atoms with E-state index in [1.54, 1.807) is 15.9 Å². The van der Waals surface area contributed by atoms with Crippen molar-refractivity contribution in [3.05, 3.63) is 78.6 Å². The van der Waals surface area contributed by atoms with Crippen LogP contribution in [0.2, 0.25) is 5.02 Å². The molecule has 3 heterocycles. The third-order valence-corrected chi connectivity index (χ3v) is 6.42. The summed E-state index contributed by atoms with van der Waals surface area (Å²) in [7, 11) is 0. The fraction of sp³-hybridized carbons (Fsp3) is 0.261. The SMILES string of the molecule is CCn1c(=O)c(Cc2sc(C)nc2C)c(-c2cccc(Cl)c2)c2ccc(C)nc21. The molecule has 0 unspecified atom stereocenters. The van der Waals surface area contributed by atoms with Gasteiger partial charge in [0.25, 0.3) is 5.56 Å². The standard InChI is InChI=1S/C23H22ClN3OS/c1-5-27-22-18(10-9-13(2)25-22)21(16-7-6-8-17(24)11-16)19(23(27)28)12-20-14(3)26-15(4)29-20/h6-11H,5,12H2,1-4H3. The molecule has 0 aliphatic heterocycles. The van der Waals surface area contributed by atoms with Gasteiger partial charge in [0, 0.05) is 45.1 Å². The van der Waals surface area contributed by atoms with Crippen LogP contribution in [0.3, 0.4) is 0 Å². The number of benzene rings is 1. The van der Waals surface area contributed by atoms with Crippen LogP contribution in [0.5, 0.6) is 0 Å². The quantitative estimate of drug-likeness (QED) is 0.422. The van der Waals surface area contributed by atoms with Gasteiger partial charge in [-0.25, -0.2) is 9.97 Å². The minimum atomic E-state index is -0.00136. The smallest absolute Gasteiger partial charge is 0.256 e. The fourth-order valence-electron chi connectivity index (χ4n) is 3.80. The lowest BCUT2D eigenvalue weighted by atomic mass is 9.94. The van der Waals surface area contributed by atoms with Gasteiger partial charge < -0.3 is 0 Å². The lowest BCUT2D eigenvalue weighted by Gasteiger charge is -2.17. The van der Waals surface area contributed by atoms with Gasteiger partial charge in [0.15, 0.2) is 0 Å². The third kappa shape index (κ3) is 3.61. The van der Waals surface area contributed by atoms with Crippen LogP contribution in [0, 0.1) is 20.8 Å². The molecule has 1 aromatic carbocycles. The van der Waals surface area contributed by atoms with Gasteiger partial charge in [0.05, 0.1) is 10.7 Å². The fourth-order valence-corrected chi connectivity index (χ4v) is 4.94. The molecule has 0 amide bonds. The molecule has 0 bridgehead atoms. The molecule has 0 saturated carbocycles. The van der Waals surface area contributed by atoms with Gasteiger partial charge in [-0.2, -0.15) is 0 Å². The molecule has 4 nitrogen and oxygen atoms in total. The van der Waals surface area contributed by atoms with Gasteiger partial charge in [-0.3, -0.25) is 9.36 Å². The highest BCUT2D eigenvalue weighted by atomic mass is 35.5. The Balaban J connectivity index is 2.11. The minimum absolute atomic E-state index is 0.00136. The third-order valence-electron chi connectivity index (χ3n) is 5.11. The first kappa shape index (κ1) is 19.8. The van der Waals surface area contributed by atoms with Crippen molar-refractivity contribution in [1.29, 1.82) is 0 Å². The zero-order valence-corrected chi connectivity index (χ0v) is 18.5. The molecular formula is C23H22ClN3OS. The zero-order chi connectivity index (χ0) is 20.7. The minimum Gasteiger partial charge on any atom is -0.293 e. The highest BCUT2D eigenvalue weighted by Gasteiger charge is 2.20. The number of rotatable bonds is 4. The Kier molecular flexibility index (Phi) is 5.28. The second-order valence-electron chi connectivity index (χ2n) is 7.16. The first-order valence-electron chi connectivity index (χ1n) is 9.61. The maximum Gasteiger partial charge on any atom is 0.256 e. The van der Waals surface area contributed by atoms with Crippen molar-refractivity contribution in [2.24, 2.45) is 0 Å². The van der Waals surface area contributed by atoms with Crippen molar-refractivity contribution in [2.45, 2.75) is 40.7 Å². The normalized spacial score (nSPS) is 11.3. The predicted molar refractivity (Wildman–Crippen MR) is 121 cm³/mol. The van der Waals surface area contributed by atoms with E-state index in [9.17, 15) is 4.79 Å². The first-order chi connectivity index (χ1) is 13.9. The van der Waals surface area contributed by atoms with Crippen molar-refractivity contribution < 1.29 is 0 Å². The average molecular weight is 424 g/mol. The van der Waals surface area contributed by atoms with E-state index in [0.29, 0.717) is 23.6 Å². The lowest BCUT2D eigenvalue weighted by Crippen LogP contribution is -2.25. The van der Waals surface area contributed by atoms with Gasteiger partial charge in [0.2, 0.25) is 0 Å². The number of fused-ring (bicyclic) bond motifs is 1. The second-order valence-corrected chi connectivity index (χ2v) is 8.88. The maximum absolute atomic E-state index is 13.6. The van der Waals surface area contributed by atoms with E-state index in [1.165, 1.54) is 0 Å². The number of halogens is 1. The van der Waals surface area contributed by atoms with E-state index in [-0.39, 0.29) is 5.56 Å². The summed E-state index contributed by atoms with van der Waals surface area (Å²) in [5.41, 5.74) is 5.19. The van der Waals surface area contributed by atoms with Crippen LogP contribution in [-0.4, -0.2) is 14.5 Å². The van der Waals surface area contributed by atoms with E-state index in [4.69, 9.17) is 16.6 Å². The van der Waals surface area contributed by atoms with Gasteiger partial charge in [-0.1, -0.05) is 23.7 Å². The molecule has 0 radical (unpaired) electrons. The molecule has 4 rings (SSSR count). The van der Waals surface area contributed by atoms with Crippen LogP contribution >= 0.6 is 22.9 Å². The van der Waals surface area contributed by atoms with Crippen molar-refractivity contribution in [3.8, 4) is 11.1 Å². The van der Waals surface area contributed by atoms with Gasteiger partial charge in [-0.15, -0.1) is 11.3 Å². The number of hydrogen-bond acceptors (Lipinski definition) is 4. The second kappa shape index (κ2) is 7.73. The predicted octanol–water partition coefficient (Wildman–Crippen LogP) is 5.71. The number of pyridine rings is 2. The van der Waals surface area contributed by atoms with Gasteiger partial charge in [0.1, 0.15) is 5.65 Å². The van der Waals surface area contributed by atoms with Crippen LogP contribution in [0.4, 0.5) is 0 Å². The van der Waals surface area contributed by atoms with Crippen LogP contribution < -0.4 is 5.56 Å². The van der Waals surface area contributed by atoms with E-state index in [2.05, 4.69) is 11.1 Å². The van der Waals surface area contributed by atoms with Crippen LogP contribution in [-0.2, 0) is 13.0 Å². The number of aromatic nitrogens is 3. The van der Waals surface area contributed by atoms with E-state index in [1.807, 2.05) is 58.0 Å². The van der Waals surface area contributed by atoms with Crippen LogP contribution in [0.15, 0.2) is 41.2 Å². The lowest BCUT2D eigenvalue weighted by molar-refractivity contribution is 0.740. The molecule has 29 heavy (non-hydrogen) atoms. The number of thiazole rings is 1. The van der Waals surface area contributed by atoms with Crippen molar-refractivity contribution >= 4 is 34.0 Å². The molecule has 3 aromatic heterocycles. The van der Waals surface area contributed by atoms with Gasteiger partial charge in [-0.05, 0) is 57.5 Å². The van der Waals surface area contributed by atoms with Crippen LogP contribution in [0.1, 0.15) is 33.8 Å². The van der Waals surface area contributed by atoms with Gasteiger partial charge >= 0.3 is 0 Å². The summed E-state index contributed by atoms with van der Waals surface area (Å²) in [4.78, 5) is 24.0. The zero-order valence-electron chi connectivity index (χ0n) is 16.9. The number of aryl methyl sites for hydroxylation is 4. The maximum atomic E-state index is 13.6. The largest absolute Gasteiger partial charge is 0.293 e. The number of hydrogen-bond donors (Lipinski definition) is 0. The summed E-state index contributed by atoms with van der Waals surface area (Å²) in [6.45, 7) is 8.49. The Hall–Kier alpha value is -2.50. The topological polar surface area (TPSA) is 47.8 Å². The Bertz CT molecular complexity index is 1290. The van der Waals surface area contributed by atoms with E-state index < -0.39 is 0 Å². The van der Waals surface area contributed by atoms with E-state index >= 15 is 0 Å². The van der Waals surface area contributed by atoms with Crippen molar-refractivity contribution in [2.75, 3.05) is 0 Å². The van der Waals surface area contributed by atoms with E-state index in [0.717, 1.165) is 43.3 Å². The molecule has 0 spiro atoms. The molecule has 6 heteroatoms. The molecule has 0 atom stereocenters. The Morgan fingerprint density at radius 3 is 2.55 bits per heavy atom. The summed E-state index contributed by atoms with van der Waals surface area (Å²) in [6.07, 6.45) is 0.543. The molecular weight excluding hydrogens is 402 g/mol. The summed E-state index contributed by atoms with van der Waals surface area (Å²) in [6, 6.07) is 11.7. The molecule has 0 aliphatic carbocycles. The number of nitrogens with zero attached hydrogens (tertiary/aromatic N) is 3. The highest BCUT2D eigenvalue weighted by Crippen LogP contribution is 2.33. The summed E-state index contributed by atoms with van der Waals surface area (Å²) >= 11 is 7.95. The Morgan fingerprint density at radius 2 is 1.90 bits per heavy atom. The molecule has 4 aromatic rings. The van der Waals surface area contributed by atoms with Crippen LogP contribution in [0.25, 0.3) is 22.2 Å². The van der Waals surface area contributed by atoms with Crippen molar-refractivity contribution in [3.63, 3.8) is 0 Å². The molecule has 0 aliphatic rings. The summed E-state index contributed by atoms with van der Waals surface area (Å²) < 4.78 is 1.77. The summed E-state index contributed by atoms with van der Waals surface area (Å²) in [5, 5.41) is 2.62. The molecule has 0 saturated heterocycles.